The van der Waals surface area contributed by atoms with Crippen LogP contribution in [0.25, 0.3) is 0 Å². The van der Waals surface area contributed by atoms with E-state index in [1.165, 1.54) is 7.11 Å². The molecular weight excluding hydrogens is 256 g/mol. The van der Waals surface area contributed by atoms with Crippen molar-refractivity contribution in [3.63, 3.8) is 0 Å². The normalized spacial score (nSPS) is 25.9. The van der Waals surface area contributed by atoms with Crippen LogP contribution in [0.4, 0.5) is 8.78 Å². The van der Waals surface area contributed by atoms with E-state index in [1.807, 2.05) is 4.72 Å². The van der Waals surface area contributed by atoms with Crippen molar-refractivity contribution in [1.29, 1.82) is 0 Å². The maximum atomic E-state index is 12.1. The number of esters is 1. The maximum absolute atomic E-state index is 12.1. The minimum Gasteiger partial charge on any atom is -0.469 e. The Morgan fingerprint density at radius 1 is 1.29 bits per heavy atom. The molecule has 0 unspecified atom stereocenters. The van der Waals surface area contributed by atoms with Gasteiger partial charge in [0.25, 0.3) is 10.0 Å². The first-order chi connectivity index (χ1) is 7.86. The van der Waals surface area contributed by atoms with Crippen LogP contribution >= 0.6 is 0 Å². The quantitative estimate of drug-likeness (QED) is 0.770. The molecule has 0 atom stereocenters. The highest BCUT2D eigenvalue weighted by atomic mass is 32.2. The van der Waals surface area contributed by atoms with E-state index >= 15 is 0 Å². The Hall–Kier alpha value is -0.760. The smallest absolute Gasteiger partial charge is 0.350 e. The molecule has 0 saturated heterocycles. The number of hydrogen-bond donors (Lipinski definition) is 1. The predicted octanol–water partition coefficient (Wildman–Crippen LogP) is 0.860. The number of carbonyl (C=O) groups excluding carboxylic acids is 1. The van der Waals surface area contributed by atoms with E-state index in [1.54, 1.807) is 0 Å². The van der Waals surface area contributed by atoms with Crippen molar-refractivity contribution < 1.29 is 26.7 Å². The zero-order chi connectivity index (χ0) is 13.1. The highest BCUT2D eigenvalue weighted by molar-refractivity contribution is 7.89. The van der Waals surface area contributed by atoms with Gasteiger partial charge in [0.1, 0.15) is 0 Å². The molecule has 0 aromatic heterocycles. The number of hydrogen-bond acceptors (Lipinski definition) is 4. The van der Waals surface area contributed by atoms with E-state index < -0.39 is 21.8 Å². The van der Waals surface area contributed by atoms with Gasteiger partial charge in [-0.15, -0.1) is 0 Å². The first-order valence-electron chi connectivity index (χ1n) is 5.24. The second kappa shape index (κ2) is 5.72. The van der Waals surface area contributed by atoms with Crippen molar-refractivity contribution in [2.75, 3.05) is 7.11 Å². The van der Waals surface area contributed by atoms with Crippen LogP contribution in [0.2, 0.25) is 0 Å². The van der Waals surface area contributed by atoms with Gasteiger partial charge in [0.15, 0.2) is 0 Å². The Kier molecular flexibility index (Phi) is 4.81. The summed E-state index contributed by atoms with van der Waals surface area (Å²) >= 11 is 0. The summed E-state index contributed by atoms with van der Waals surface area (Å²) in [7, 11) is -3.25. The lowest BCUT2D eigenvalue weighted by Crippen LogP contribution is -2.41. The van der Waals surface area contributed by atoms with Gasteiger partial charge < -0.3 is 4.74 Å². The summed E-state index contributed by atoms with van der Waals surface area (Å²) in [6.07, 6.45) is 1.63. The van der Waals surface area contributed by atoms with Gasteiger partial charge in [0.05, 0.1) is 13.0 Å². The number of rotatable bonds is 4. The van der Waals surface area contributed by atoms with Gasteiger partial charge in [-0.1, -0.05) is 0 Å². The summed E-state index contributed by atoms with van der Waals surface area (Å²) in [4.78, 5) is 11.2. The fraction of sp³-hybridized carbons (Fsp3) is 0.889. The van der Waals surface area contributed by atoms with Gasteiger partial charge in [-0.3, -0.25) is 4.79 Å². The highest BCUT2D eigenvalue weighted by Gasteiger charge is 2.32. The number of sulfonamides is 1. The molecule has 0 bridgehead atoms. The topological polar surface area (TPSA) is 72.5 Å². The molecule has 0 aromatic carbocycles. The van der Waals surface area contributed by atoms with E-state index in [9.17, 15) is 22.0 Å². The summed E-state index contributed by atoms with van der Waals surface area (Å²) in [5.41, 5.74) is 0. The Morgan fingerprint density at radius 3 is 2.24 bits per heavy atom. The van der Waals surface area contributed by atoms with Gasteiger partial charge in [0.2, 0.25) is 0 Å². The fourth-order valence-electron chi connectivity index (χ4n) is 1.90. The molecule has 0 aliphatic heterocycles. The van der Waals surface area contributed by atoms with Crippen LogP contribution in [0.3, 0.4) is 0 Å². The van der Waals surface area contributed by atoms with Crippen molar-refractivity contribution in [2.24, 2.45) is 5.92 Å². The van der Waals surface area contributed by atoms with Crippen molar-refractivity contribution in [3.8, 4) is 0 Å². The van der Waals surface area contributed by atoms with Gasteiger partial charge in [-0.05, 0) is 25.7 Å². The average Bonchev–Trinajstić information content (AvgIpc) is 2.28. The lowest BCUT2D eigenvalue weighted by molar-refractivity contribution is -0.146. The van der Waals surface area contributed by atoms with Crippen LogP contribution < -0.4 is 4.72 Å². The molecule has 0 amide bonds. The van der Waals surface area contributed by atoms with Gasteiger partial charge in [-0.25, -0.2) is 13.1 Å². The fourth-order valence-corrected chi connectivity index (χ4v) is 2.70. The van der Waals surface area contributed by atoms with Crippen molar-refractivity contribution in [3.05, 3.63) is 0 Å². The lowest BCUT2D eigenvalue weighted by Gasteiger charge is -2.27. The number of methoxy groups -OCH3 is 1. The van der Waals surface area contributed by atoms with E-state index in [4.69, 9.17) is 0 Å². The first kappa shape index (κ1) is 14.3. The summed E-state index contributed by atoms with van der Waals surface area (Å²) in [6.45, 7) is 0. The van der Waals surface area contributed by atoms with Crippen molar-refractivity contribution in [2.45, 2.75) is 37.5 Å². The average molecular weight is 271 g/mol. The predicted molar refractivity (Wildman–Crippen MR) is 55.8 cm³/mol. The molecule has 0 aromatic rings. The van der Waals surface area contributed by atoms with Crippen LogP contribution in [-0.2, 0) is 19.6 Å². The van der Waals surface area contributed by atoms with Crippen molar-refractivity contribution >= 4 is 16.0 Å². The summed E-state index contributed by atoms with van der Waals surface area (Å²) in [5.74, 6) is -4.01. The standard InChI is InChI=1S/C9H15F2NO4S/c1-16-8(13)6-2-4-7(5-3-6)12-17(14,15)9(10)11/h6-7,9,12H,2-5H2,1H3. The molecule has 17 heavy (non-hydrogen) atoms. The molecule has 1 saturated carbocycles. The first-order valence-corrected chi connectivity index (χ1v) is 6.78. The maximum Gasteiger partial charge on any atom is 0.350 e. The molecule has 1 N–H and O–H groups in total. The monoisotopic (exact) mass is 271 g/mol. The van der Waals surface area contributed by atoms with Crippen LogP contribution in [0, 0.1) is 5.92 Å². The number of halogens is 2. The number of carbonyl (C=O) groups is 1. The minimum absolute atomic E-state index is 0.257. The van der Waals surface area contributed by atoms with Crippen LogP contribution in [-0.4, -0.2) is 33.3 Å². The second-order valence-corrected chi connectivity index (χ2v) is 5.68. The van der Waals surface area contributed by atoms with Crippen molar-refractivity contribution in [1.82, 2.24) is 4.72 Å². The Labute approximate surface area is 98.6 Å². The SMILES string of the molecule is COC(=O)C1CCC(NS(=O)(=O)C(F)F)CC1. The number of ether oxygens (including phenoxy) is 1. The Balaban J connectivity index is 2.46. The molecule has 0 spiro atoms. The zero-order valence-corrected chi connectivity index (χ0v) is 10.2. The van der Waals surface area contributed by atoms with E-state index in [0.717, 1.165) is 0 Å². The molecule has 1 aliphatic carbocycles. The second-order valence-electron chi connectivity index (χ2n) is 4.00. The third kappa shape index (κ3) is 3.88. The van der Waals surface area contributed by atoms with Gasteiger partial charge in [-0.2, -0.15) is 8.78 Å². The molecule has 1 rings (SSSR count). The van der Waals surface area contributed by atoms with Crippen LogP contribution in [0.1, 0.15) is 25.7 Å². The Morgan fingerprint density at radius 2 is 1.82 bits per heavy atom. The molecule has 0 radical (unpaired) electrons. The summed E-state index contributed by atoms with van der Waals surface area (Å²) < 4.78 is 52.5. The third-order valence-corrected chi connectivity index (χ3v) is 3.96. The molecule has 100 valence electrons. The molecule has 8 heteroatoms. The Bertz CT molecular complexity index is 363. The van der Waals surface area contributed by atoms with E-state index in [-0.39, 0.29) is 11.9 Å². The van der Waals surface area contributed by atoms with Crippen LogP contribution in [0.5, 0.6) is 0 Å². The molecule has 5 nitrogen and oxygen atoms in total. The zero-order valence-electron chi connectivity index (χ0n) is 9.36. The molecule has 1 fully saturated rings. The van der Waals surface area contributed by atoms with E-state index in [2.05, 4.69) is 4.74 Å². The van der Waals surface area contributed by atoms with E-state index in [0.29, 0.717) is 25.7 Å². The van der Waals surface area contributed by atoms with Gasteiger partial charge in [0, 0.05) is 6.04 Å². The summed E-state index contributed by atoms with van der Waals surface area (Å²) in [5, 5.41) is 0. The number of alkyl halides is 2. The van der Waals surface area contributed by atoms with Gasteiger partial charge >= 0.3 is 11.7 Å². The minimum atomic E-state index is -4.54. The van der Waals surface area contributed by atoms with Crippen LogP contribution in [0.15, 0.2) is 0 Å². The molecule has 1 aliphatic rings. The third-order valence-electron chi connectivity index (χ3n) is 2.83. The molecule has 0 heterocycles. The number of nitrogens with one attached hydrogen (secondary N) is 1. The highest BCUT2D eigenvalue weighted by Crippen LogP contribution is 2.26. The lowest BCUT2D eigenvalue weighted by atomic mass is 9.86. The largest absolute Gasteiger partial charge is 0.469 e. The summed E-state index contributed by atoms with van der Waals surface area (Å²) in [6, 6.07) is -0.519. The molecular formula is C9H15F2NO4S.